The van der Waals surface area contributed by atoms with Gasteiger partial charge >= 0.3 is 12.2 Å². The molecule has 6 nitrogen and oxygen atoms in total. The molecule has 2 aliphatic rings. The molecule has 3 rings (SSSR count). The van der Waals surface area contributed by atoms with Crippen molar-refractivity contribution in [2.24, 2.45) is 0 Å². The largest absolute Gasteiger partial charge is 0.444 e. The minimum atomic E-state index is -0.791. The van der Waals surface area contributed by atoms with Crippen molar-refractivity contribution in [1.82, 2.24) is 4.90 Å². The SMILES string of the molecule is Cc1ccc2c(c1)C1(CCN(C(=O)OC(C)(C)C)C1)OC(=O)N2. The quantitative estimate of drug-likeness (QED) is 0.796. The maximum atomic E-state index is 12.3. The molecule has 0 radical (unpaired) electrons. The molecule has 6 heteroatoms. The van der Waals surface area contributed by atoms with Crippen molar-refractivity contribution in [1.29, 1.82) is 0 Å². The standard InChI is InChI=1S/C17H22N2O4/c1-11-5-6-13-12(9-11)17(22-14(20)18-13)7-8-19(10-17)15(21)23-16(2,3)4/h5-6,9H,7-8,10H2,1-4H3,(H,18,20). The van der Waals surface area contributed by atoms with Crippen molar-refractivity contribution in [3.8, 4) is 0 Å². The van der Waals surface area contributed by atoms with E-state index in [9.17, 15) is 9.59 Å². The number of benzene rings is 1. The highest BCUT2D eigenvalue weighted by Gasteiger charge is 2.49. The van der Waals surface area contributed by atoms with E-state index in [0.717, 1.165) is 16.8 Å². The molecule has 1 saturated heterocycles. The van der Waals surface area contributed by atoms with Crippen LogP contribution in [-0.2, 0) is 15.1 Å². The number of aryl methyl sites for hydroxylation is 1. The minimum Gasteiger partial charge on any atom is -0.444 e. The Balaban J connectivity index is 1.88. The summed E-state index contributed by atoms with van der Waals surface area (Å²) in [6, 6.07) is 5.83. The van der Waals surface area contributed by atoms with Crippen molar-refractivity contribution in [2.75, 3.05) is 18.4 Å². The van der Waals surface area contributed by atoms with Gasteiger partial charge in [0.25, 0.3) is 0 Å². The molecule has 0 aromatic heterocycles. The predicted molar refractivity (Wildman–Crippen MR) is 85.4 cm³/mol. The monoisotopic (exact) mass is 318 g/mol. The number of carbonyl (C=O) groups is 2. The molecule has 1 aromatic carbocycles. The third-order valence-electron chi connectivity index (χ3n) is 4.07. The highest BCUT2D eigenvalue weighted by Crippen LogP contribution is 2.43. The second-order valence-corrected chi connectivity index (χ2v) is 7.21. The van der Waals surface area contributed by atoms with E-state index in [1.165, 1.54) is 0 Å². The van der Waals surface area contributed by atoms with Gasteiger partial charge in [-0.3, -0.25) is 5.32 Å². The lowest BCUT2D eigenvalue weighted by molar-refractivity contribution is 0.00431. The van der Waals surface area contributed by atoms with Crippen LogP contribution in [0, 0.1) is 6.92 Å². The van der Waals surface area contributed by atoms with Crippen LogP contribution < -0.4 is 5.32 Å². The fourth-order valence-electron chi connectivity index (χ4n) is 3.08. The van der Waals surface area contributed by atoms with Gasteiger partial charge in [-0.1, -0.05) is 11.6 Å². The Kier molecular flexibility index (Phi) is 3.50. The number of amides is 2. The molecule has 124 valence electrons. The van der Waals surface area contributed by atoms with E-state index >= 15 is 0 Å². The molecule has 0 saturated carbocycles. The van der Waals surface area contributed by atoms with E-state index in [2.05, 4.69) is 5.32 Å². The Morgan fingerprint density at radius 1 is 1.39 bits per heavy atom. The molecule has 1 atom stereocenters. The van der Waals surface area contributed by atoms with Crippen LogP contribution in [0.3, 0.4) is 0 Å². The van der Waals surface area contributed by atoms with Gasteiger partial charge < -0.3 is 14.4 Å². The van der Waals surface area contributed by atoms with Crippen molar-refractivity contribution in [3.63, 3.8) is 0 Å². The van der Waals surface area contributed by atoms with Crippen LogP contribution in [0.25, 0.3) is 0 Å². The normalized spacial score (nSPS) is 23.3. The molecule has 1 unspecified atom stereocenters. The number of fused-ring (bicyclic) bond motifs is 2. The lowest BCUT2D eigenvalue weighted by Gasteiger charge is -2.35. The number of hydrogen-bond donors (Lipinski definition) is 1. The topological polar surface area (TPSA) is 67.9 Å². The molecule has 1 spiro atoms. The van der Waals surface area contributed by atoms with E-state index in [0.29, 0.717) is 19.5 Å². The molecule has 0 aliphatic carbocycles. The summed E-state index contributed by atoms with van der Waals surface area (Å²) in [5, 5.41) is 2.72. The van der Waals surface area contributed by atoms with E-state index in [-0.39, 0.29) is 6.09 Å². The van der Waals surface area contributed by atoms with Gasteiger partial charge in [0, 0.05) is 18.5 Å². The second-order valence-electron chi connectivity index (χ2n) is 7.21. The lowest BCUT2D eigenvalue weighted by atomic mass is 9.89. The smallest absolute Gasteiger partial charge is 0.412 e. The van der Waals surface area contributed by atoms with Gasteiger partial charge in [-0.15, -0.1) is 0 Å². The van der Waals surface area contributed by atoms with Crippen LogP contribution in [0.15, 0.2) is 18.2 Å². The van der Waals surface area contributed by atoms with Crippen LogP contribution >= 0.6 is 0 Å². The molecule has 2 amide bonds. The Labute approximate surface area is 135 Å². The molecule has 1 aromatic rings. The van der Waals surface area contributed by atoms with Gasteiger partial charge in [-0.25, -0.2) is 9.59 Å². The minimum absolute atomic E-state index is 0.311. The number of nitrogens with zero attached hydrogens (tertiary/aromatic N) is 1. The third kappa shape index (κ3) is 2.98. The van der Waals surface area contributed by atoms with Crippen LogP contribution in [0.5, 0.6) is 0 Å². The predicted octanol–water partition coefficient (Wildman–Crippen LogP) is 3.39. The number of hydrogen-bond acceptors (Lipinski definition) is 4. The first-order chi connectivity index (χ1) is 10.7. The fraction of sp³-hybridized carbons (Fsp3) is 0.529. The molecule has 2 aliphatic heterocycles. The average Bonchev–Trinajstić information content (AvgIpc) is 2.83. The third-order valence-corrected chi connectivity index (χ3v) is 4.07. The molecule has 1 fully saturated rings. The average molecular weight is 318 g/mol. The van der Waals surface area contributed by atoms with Gasteiger partial charge in [0.15, 0.2) is 5.60 Å². The Morgan fingerprint density at radius 2 is 2.13 bits per heavy atom. The maximum absolute atomic E-state index is 12.3. The Bertz CT molecular complexity index is 665. The Morgan fingerprint density at radius 3 is 2.83 bits per heavy atom. The van der Waals surface area contributed by atoms with E-state index in [1.54, 1.807) is 4.90 Å². The van der Waals surface area contributed by atoms with Crippen LogP contribution in [0.1, 0.15) is 38.3 Å². The number of likely N-dealkylation sites (tertiary alicyclic amines) is 1. The van der Waals surface area contributed by atoms with E-state index < -0.39 is 17.3 Å². The molecular weight excluding hydrogens is 296 g/mol. The van der Waals surface area contributed by atoms with Crippen molar-refractivity contribution >= 4 is 17.9 Å². The van der Waals surface area contributed by atoms with Gasteiger partial charge in [-0.05, 0) is 39.8 Å². The summed E-state index contributed by atoms with van der Waals surface area (Å²) in [6.07, 6.45) is -0.290. The number of ether oxygens (including phenoxy) is 2. The summed E-state index contributed by atoms with van der Waals surface area (Å²) in [6.45, 7) is 8.30. The zero-order chi connectivity index (χ0) is 16.8. The summed E-state index contributed by atoms with van der Waals surface area (Å²) in [5.41, 5.74) is 1.41. The molecule has 0 bridgehead atoms. The highest BCUT2D eigenvalue weighted by atomic mass is 16.6. The summed E-state index contributed by atoms with van der Waals surface area (Å²) in [4.78, 5) is 25.8. The van der Waals surface area contributed by atoms with Crippen LogP contribution in [0.2, 0.25) is 0 Å². The van der Waals surface area contributed by atoms with Gasteiger partial charge in [0.1, 0.15) is 5.60 Å². The number of nitrogens with one attached hydrogen (secondary N) is 1. The summed E-state index contributed by atoms with van der Waals surface area (Å²) in [5.74, 6) is 0. The summed E-state index contributed by atoms with van der Waals surface area (Å²) in [7, 11) is 0. The van der Waals surface area contributed by atoms with Crippen molar-refractivity contribution < 1.29 is 19.1 Å². The molecule has 2 heterocycles. The van der Waals surface area contributed by atoms with Gasteiger partial charge in [-0.2, -0.15) is 0 Å². The van der Waals surface area contributed by atoms with E-state index in [4.69, 9.17) is 9.47 Å². The summed E-state index contributed by atoms with van der Waals surface area (Å²) < 4.78 is 11.1. The number of carbonyl (C=O) groups excluding carboxylic acids is 2. The van der Waals surface area contributed by atoms with Gasteiger partial charge in [0.2, 0.25) is 0 Å². The highest BCUT2D eigenvalue weighted by molar-refractivity contribution is 5.89. The first-order valence-electron chi connectivity index (χ1n) is 7.78. The fourth-order valence-corrected chi connectivity index (χ4v) is 3.08. The van der Waals surface area contributed by atoms with Gasteiger partial charge in [0.05, 0.1) is 12.2 Å². The zero-order valence-corrected chi connectivity index (χ0v) is 13.9. The maximum Gasteiger partial charge on any atom is 0.412 e. The second kappa shape index (κ2) is 5.15. The molecule has 1 N–H and O–H groups in total. The van der Waals surface area contributed by atoms with Crippen molar-refractivity contribution in [2.45, 2.75) is 45.3 Å². The lowest BCUT2D eigenvalue weighted by Crippen LogP contribution is -2.43. The van der Waals surface area contributed by atoms with Crippen LogP contribution in [0.4, 0.5) is 15.3 Å². The van der Waals surface area contributed by atoms with Crippen molar-refractivity contribution in [3.05, 3.63) is 29.3 Å². The number of anilines is 1. The van der Waals surface area contributed by atoms with Crippen LogP contribution in [-0.4, -0.2) is 35.8 Å². The number of rotatable bonds is 0. The first kappa shape index (κ1) is 15.6. The first-order valence-corrected chi connectivity index (χ1v) is 7.78. The zero-order valence-electron chi connectivity index (χ0n) is 13.9. The summed E-state index contributed by atoms with van der Waals surface area (Å²) >= 11 is 0. The Hall–Kier alpha value is -2.24. The van der Waals surface area contributed by atoms with E-state index in [1.807, 2.05) is 45.9 Å². The molecular formula is C17H22N2O4. The molecule has 23 heavy (non-hydrogen) atoms.